The van der Waals surface area contributed by atoms with Crippen LogP contribution in [0.5, 0.6) is 12.0 Å². The van der Waals surface area contributed by atoms with E-state index < -0.39 is 16.0 Å². The molecule has 0 spiro atoms. The van der Waals surface area contributed by atoms with Crippen molar-refractivity contribution in [3.05, 3.63) is 40.1 Å². The lowest BCUT2D eigenvalue weighted by atomic mass is 10.2. The molecular formula is C15H14N6O6S2. The number of aromatic nitrogens is 5. The minimum Gasteiger partial charge on any atom is -0.467 e. The number of hydrogen-bond acceptors (Lipinski definition) is 11. The summed E-state index contributed by atoms with van der Waals surface area (Å²) in [6, 6.07) is 5.45. The Morgan fingerprint density at radius 1 is 1.07 bits per heavy atom. The Bertz CT molecular complexity index is 1200. The molecule has 0 bridgehead atoms. The second-order valence-corrected chi connectivity index (χ2v) is 7.48. The van der Waals surface area contributed by atoms with E-state index >= 15 is 0 Å². The van der Waals surface area contributed by atoms with Crippen molar-refractivity contribution in [2.75, 3.05) is 21.3 Å². The number of sulfonamides is 1. The van der Waals surface area contributed by atoms with Gasteiger partial charge in [0.15, 0.2) is 0 Å². The predicted octanol–water partition coefficient (Wildman–Crippen LogP) is 0.212. The SMILES string of the molecule is COC(=O)c1ccccc1S(=O)(=O)/N=c1\scnn1-c1nc(OC)nc(OC)n1. The van der Waals surface area contributed by atoms with Gasteiger partial charge in [0.1, 0.15) is 10.4 Å². The number of carbonyl (C=O) groups excluding carboxylic acids is 1. The fourth-order valence-corrected chi connectivity index (χ4v) is 4.13. The van der Waals surface area contributed by atoms with Gasteiger partial charge in [-0.2, -0.15) is 28.2 Å². The molecule has 152 valence electrons. The zero-order valence-corrected chi connectivity index (χ0v) is 17.0. The van der Waals surface area contributed by atoms with Crippen LogP contribution in [0.15, 0.2) is 39.1 Å². The Kier molecular flexibility index (Phi) is 5.84. The Labute approximate surface area is 168 Å². The lowest BCUT2D eigenvalue weighted by molar-refractivity contribution is 0.0596. The molecule has 12 nitrogen and oxygen atoms in total. The van der Waals surface area contributed by atoms with Gasteiger partial charge in [-0.15, -0.1) is 9.38 Å². The molecule has 14 heteroatoms. The van der Waals surface area contributed by atoms with Gasteiger partial charge in [0.2, 0.25) is 4.80 Å². The van der Waals surface area contributed by atoms with Crippen molar-refractivity contribution in [1.82, 2.24) is 24.7 Å². The summed E-state index contributed by atoms with van der Waals surface area (Å²) in [6.45, 7) is 0. The van der Waals surface area contributed by atoms with E-state index in [0.29, 0.717) is 0 Å². The number of carbonyl (C=O) groups is 1. The molecule has 0 aliphatic rings. The number of hydrogen-bond donors (Lipinski definition) is 0. The molecule has 0 aliphatic heterocycles. The molecule has 0 unspecified atom stereocenters. The first-order valence-corrected chi connectivity index (χ1v) is 10.1. The van der Waals surface area contributed by atoms with Gasteiger partial charge in [-0.3, -0.25) is 0 Å². The van der Waals surface area contributed by atoms with E-state index in [2.05, 4.69) is 29.2 Å². The summed E-state index contributed by atoms with van der Waals surface area (Å²) in [5, 5.41) is 4.01. The van der Waals surface area contributed by atoms with E-state index in [1.807, 2.05) is 0 Å². The standard InChI is InChI=1S/C15H14N6O6S2/c1-25-11(22)9-6-4-5-7-10(9)29(23,24)20-15-21(16-8-28-15)12-17-13(26-2)19-14(18-12)27-3/h4-8H,1-3H3/b20-15-. The Morgan fingerprint density at radius 2 is 1.72 bits per heavy atom. The number of benzene rings is 1. The van der Waals surface area contributed by atoms with Gasteiger partial charge in [0, 0.05) is 0 Å². The molecule has 2 aromatic heterocycles. The van der Waals surface area contributed by atoms with Gasteiger partial charge in [-0.05, 0) is 12.1 Å². The topological polar surface area (TPSA) is 148 Å². The van der Waals surface area contributed by atoms with Crippen LogP contribution >= 0.6 is 11.3 Å². The number of nitrogens with zero attached hydrogens (tertiary/aromatic N) is 6. The molecule has 0 saturated carbocycles. The summed E-state index contributed by atoms with van der Waals surface area (Å²) in [6.07, 6.45) is 0. The summed E-state index contributed by atoms with van der Waals surface area (Å²) in [7, 11) is -0.435. The minimum absolute atomic E-state index is 0.0582. The van der Waals surface area contributed by atoms with Gasteiger partial charge in [-0.1, -0.05) is 23.5 Å². The van der Waals surface area contributed by atoms with E-state index in [9.17, 15) is 13.2 Å². The molecule has 3 rings (SSSR count). The first-order chi connectivity index (χ1) is 13.9. The van der Waals surface area contributed by atoms with Crippen molar-refractivity contribution in [3.63, 3.8) is 0 Å². The molecule has 1 aromatic carbocycles. The van der Waals surface area contributed by atoms with E-state index in [1.165, 1.54) is 44.0 Å². The molecule has 3 aromatic rings. The lowest BCUT2D eigenvalue weighted by Crippen LogP contribution is -2.20. The molecule has 0 saturated heterocycles. The Hall–Kier alpha value is -3.39. The zero-order chi connectivity index (χ0) is 21.0. The number of ether oxygens (including phenoxy) is 3. The highest BCUT2D eigenvalue weighted by Gasteiger charge is 2.23. The maximum atomic E-state index is 12.9. The third-order valence-corrected chi connectivity index (χ3v) is 5.52. The largest absolute Gasteiger partial charge is 0.467 e. The van der Waals surface area contributed by atoms with Crippen molar-refractivity contribution in [3.8, 4) is 18.0 Å². The third kappa shape index (κ3) is 4.22. The number of esters is 1. The average molecular weight is 438 g/mol. The maximum Gasteiger partial charge on any atom is 0.339 e. The molecule has 2 heterocycles. The monoisotopic (exact) mass is 438 g/mol. The molecule has 0 atom stereocenters. The highest BCUT2D eigenvalue weighted by molar-refractivity contribution is 7.90. The first kappa shape index (κ1) is 20.3. The Balaban J connectivity index is 2.16. The third-order valence-electron chi connectivity index (χ3n) is 3.41. The van der Waals surface area contributed by atoms with E-state index in [4.69, 9.17) is 9.47 Å². The summed E-state index contributed by atoms with van der Waals surface area (Å²) in [5.74, 6) is -0.867. The normalized spacial score (nSPS) is 11.9. The van der Waals surface area contributed by atoms with Crippen molar-refractivity contribution in [2.45, 2.75) is 4.90 Å². The Morgan fingerprint density at radius 3 is 2.34 bits per heavy atom. The predicted molar refractivity (Wildman–Crippen MR) is 98.5 cm³/mol. The summed E-state index contributed by atoms with van der Waals surface area (Å²) >= 11 is 0.921. The first-order valence-electron chi connectivity index (χ1n) is 7.75. The molecular weight excluding hydrogens is 424 g/mol. The van der Waals surface area contributed by atoms with Crippen LogP contribution < -0.4 is 14.3 Å². The van der Waals surface area contributed by atoms with E-state index in [-0.39, 0.29) is 33.2 Å². The van der Waals surface area contributed by atoms with Gasteiger partial charge in [0.25, 0.3) is 16.0 Å². The average Bonchev–Trinajstić information content (AvgIpc) is 3.20. The maximum absolute atomic E-state index is 12.9. The van der Waals surface area contributed by atoms with Crippen molar-refractivity contribution < 1.29 is 27.4 Å². The molecule has 0 radical (unpaired) electrons. The highest BCUT2D eigenvalue weighted by Crippen LogP contribution is 2.19. The van der Waals surface area contributed by atoms with Crippen LogP contribution in [0.2, 0.25) is 0 Å². The molecule has 0 N–H and O–H groups in total. The van der Waals surface area contributed by atoms with Crippen LogP contribution in [0, 0.1) is 0 Å². The second-order valence-electron chi connectivity index (χ2n) is 5.10. The molecule has 0 amide bonds. The minimum atomic E-state index is -4.29. The van der Waals surface area contributed by atoms with Crippen LogP contribution in [0.4, 0.5) is 0 Å². The quantitative estimate of drug-likeness (QED) is 0.489. The van der Waals surface area contributed by atoms with Crippen LogP contribution in [0.25, 0.3) is 5.95 Å². The molecule has 0 aliphatic carbocycles. The second kappa shape index (κ2) is 8.32. The smallest absolute Gasteiger partial charge is 0.339 e. The van der Waals surface area contributed by atoms with Gasteiger partial charge >= 0.3 is 18.0 Å². The van der Waals surface area contributed by atoms with Gasteiger partial charge < -0.3 is 14.2 Å². The number of methoxy groups -OCH3 is 3. The van der Waals surface area contributed by atoms with Crippen LogP contribution in [0.1, 0.15) is 10.4 Å². The zero-order valence-electron chi connectivity index (χ0n) is 15.3. The van der Waals surface area contributed by atoms with Gasteiger partial charge in [0.05, 0.1) is 26.9 Å². The summed E-state index contributed by atoms with van der Waals surface area (Å²) in [4.78, 5) is 23.4. The molecule has 0 fully saturated rings. The fourth-order valence-electron chi connectivity index (χ4n) is 2.14. The van der Waals surface area contributed by atoms with E-state index in [1.54, 1.807) is 0 Å². The van der Waals surface area contributed by atoms with Crippen LogP contribution in [-0.4, -0.2) is 60.4 Å². The van der Waals surface area contributed by atoms with Gasteiger partial charge in [-0.25, -0.2) is 4.79 Å². The highest BCUT2D eigenvalue weighted by atomic mass is 32.2. The van der Waals surface area contributed by atoms with Crippen molar-refractivity contribution in [2.24, 2.45) is 4.40 Å². The van der Waals surface area contributed by atoms with Crippen molar-refractivity contribution >= 4 is 27.3 Å². The molecule has 29 heavy (non-hydrogen) atoms. The van der Waals surface area contributed by atoms with Crippen molar-refractivity contribution in [1.29, 1.82) is 0 Å². The van der Waals surface area contributed by atoms with Crippen LogP contribution in [-0.2, 0) is 14.8 Å². The summed E-state index contributed by atoms with van der Waals surface area (Å²) in [5.41, 5.74) is 1.21. The lowest BCUT2D eigenvalue weighted by Gasteiger charge is -2.06. The fraction of sp³-hybridized carbons (Fsp3) is 0.200. The van der Waals surface area contributed by atoms with E-state index in [0.717, 1.165) is 23.1 Å². The summed E-state index contributed by atoms with van der Waals surface area (Å²) < 4.78 is 45.2. The van der Waals surface area contributed by atoms with Crippen LogP contribution in [0.3, 0.4) is 0 Å². The number of rotatable bonds is 6.